The number of nitrogens with zero attached hydrogens (tertiary/aromatic N) is 3. The molecule has 6 heteroatoms. The van der Waals surface area contributed by atoms with Crippen molar-refractivity contribution in [3.63, 3.8) is 0 Å². The fourth-order valence-corrected chi connectivity index (χ4v) is 3.29. The molecule has 1 aliphatic heterocycles. The molecule has 0 spiro atoms. The van der Waals surface area contributed by atoms with Gasteiger partial charge in [-0.2, -0.15) is 5.10 Å². The van der Waals surface area contributed by atoms with Crippen LogP contribution in [0.3, 0.4) is 0 Å². The highest BCUT2D eigenvalue weighted by Crippen LogP contribution is 2.27. The molecule has 1 aromatic carbocycles. The number of carbonyl (C=O) groups excluding carboxylic acids is 1. The number of hydrogen-bond donors (Lipinski definition) is 1. The number of furan rings is 1. The highest BCUT2D eigenvalue weighted by atomic mass is 16.3. The van der Waals surface area contributed by atoms with Gasteiger partial charge in [-0.1, -0.05) is 17.7 Å². The molecule has 0 bridgehead atoms. The molecule has 0 radical (unpaired) electrons. The Kier molecular flexibility index (Phi) is 4.54. The molecule has 3 aromatic rings. The van der Waals surface area contributed by atoms with E-state index in [1.807, 2.05) is 60.5 Å². The minimum absolute atomic E-state index is 0.122. The lowest BCUT2D eigenvalue weighted by Gasteiger charge is -2.29. The number of aryl methyl sites for hydroxylation is 1. The maximum atomic E-state index is 12.9. The number of hydrogen-bond acceptors (Lipinski definition) is 3. The minimum atomic E-state index is -0.122. The van der Waals surface area contributed by atoms with Crippen molar-refractivity contribution in [3.8, 4) is 5.69 Å². The summed E-state index contributed by atoms with van der Waals surface area (Å²) in [6.07, 6.45) is 4.39. The van der Waals surface area contributed by atoms with Gasteiger partial charge in [-0.25, -0.2) is 9.48 Å². The number of amides is 2. The van der Waals surface area contributed by atoms with Crippen molar-refractivity contribution in [2.24, 2.45) is 0 Å². The quantitative estimate of drug-likeness (QED) is 0.747. The first kappa shape index (κ1) is 17.1. The second-order valence-electron chi connectivity index (χ2n) is 6.76. The summed E-state index contributed by atoms with van der Waals surface area (Å²) in [5, 5.41) is 7.49. The lowest BCUT2D eigenvalue weighted by molar-refractivity contribution is 0.216. The summed E-state index contributed by atoms with van der Waals surface area (Å²) in [6, 6.07) is 13.3. The second-order valence-corrected chi connectivity index (χ2v) is 6.76. The van der Waals surface area contributed by atoms with E-state index >= 15 is 0 Å². The average Bonchev–Trinajstić information content (AvgIpc) is 3.34. The highest BCUT2D eigenvalue weighted by molar-refractivity contribution is 5.92. The molecule has 3 heterocycles. The number of urea groups is 1. The van der Waals surface area contributed by atoms with Gasteiger partial charge in [-0.15, -0.1) is 0 Å². The van der Waals surface area contributed by atoms with Gasteiger partial charge >= 0.3 is 6.03 Å². The van der Waals surface area contributed by atoms with Crippen molar-refractivity contribution in [2.45, 2.75) is 20.3 Å². The highest BCUT2D eigenvalue weighted by Gasteiger charge is 2.24. The molecule has 0 saturated carbocycles. The maximum Gasteiger partial charge on any atom is 0.322 e. The first-order chi connectivity index (χ1) is 13.1. The fourth-order valence-electron chi connectivity index (χ4n) is 3.29. The van der Waals surface area contributed by atoms with Crippen LogP contribution in [0, 0.1) is 6.92 Å². The average molecular weight is 362 g/mol. The zero-order chi connectivity index (χ0) is 18.8. The number of anilines is 1. The van der Waals surface area contributed by atoms with Gasteiger partial charge in [0.1, 0.15) is 5.76 Å². The van der Waals surface area contributed by atoms with Crippen LogP contribution < -0.4 is 5.32 Å². The molecule has 0 saturated heterocycles. The number of carbonyl (C=O) groups is 1. The first-order valence-corrected chi connectivity index (χ1v) is 9.02. The van der Waals surface area contributed by atoms with Crippen molar-refractivity contribution < 1.29 is 9.21 Å². The minimum Gasteiger partial charge on any atom is -0.465 e. The molecular formula is C21H22N4O2. The van der Waals surface area contributed by atoms with Crippen molar-refractivity contribution in [1.29, 1.82) is 0 Å². The molecule has 138 valence electrons. The van der Waals surface area contributed by atoms with Gasteiger partial charge in [0.05, 0.1) is 29.9 Å². The Morgan fingerprint density at radius 2 is 2.00 bits per heavy atom. The number of aromatic nitrogens is 2. The molecule has 1 aliphatic rings. The monoisotopic (exact) mass is 362 g/mol. The lowest BCUT2D eigenvalue weighted by atomic mass is 10.00. The smallest absolute Gasteiger partial charge is 0.322 e. The van der Waals surface area contributed by atoms with Gasteiger partial charge < -0.3 is 14.6 Å². The van der Waals surface area contributed by atoms with E-state index in [4.69, 9.17) is 4.42 Å². The summed E-state index contributed by atoms with van der Waals surface area (Å²) in [4.78, 5) is 14.7. The number of nitrogens with one attached hydrogen (secondary N) is 1. The Bertz CT molecular complexity index is 985. The van der Waals surface area contributed by atoms with E-state index in [-0.39, 0.29) is 6.03 Å². The topological polar surface area (TPSA) is 63.3 Å². The van der Waals surface area contributed by atoms with Crippen molar-refractivity contribution in [2.75, 3.05) is 18.4 Å². The van der Waals surface area contributed by atoms with Gasteiger partial charge in [-0.05, 0) is 50.6 Å². The van der Waals surface area contributed by atoms with Gasteiger partial charge in [0, 0.05) is 18.3 Å². The third-order valence-electron chi connectivity index (χ3n) is 4.84. The van der Waals surface area contributed by atoms with Crippen LogP contribution in [-0.2, 0) is 0 Å². The van der Waals surface area contributed by atoms with Crippen LogP contribution in [0.1, 0.15) is 24.8 Å². The normalized spacial score (nSPS) is 14.5. The summed E-state index contributed by atoms with van der Waals surface area (Å²) in [7, 11) is 0. The standard InChI is InChI=1S/C21H22N4O2/c1-15-9-11-24(14-17(15)20-8-5-13-27-20)21(26)22-18-6-3-4-7-19(18)25-12-10-16(2)23-25/h3-8,10,12-13H,9,11,14H2,1-2H3,(H,22,26). The van der Waals surface area contributed by atoms with Crippen molar-refractivity contribution in [1.82, 2.24) is 14.7 Å². The molecule has 0 unspecified atom stereocenters. The molecule has 0 aliphatic carbocycles. The van der Waals surface area contributed by atoms with Crippen LogP contribution in [0.2, 0.25) is 0 Å². The van der Waals surface area contributed by atoms with Crippen LogP contribution in [-0.4, -0.2) is 33.8 Å². The Balaban J connectivity index is 1.54. The van der Waals surface area contributed by atoms with E-state index < -0.39 is 0 Å². The van der Waals surface area contributed by atoms with E-state index in [0.717, 1.165) is 34.8 Å². The molecule has 27 heavy (non-hydrogen) atoms. The van der Waals surface area contributed by atoms with Crippen LogP contribution in [0.15, 0.2) is 64.9 Å². The predicted octanol–water partition coefficient (Wildman–Crippen LogP) is 4.49. The Morgan fingerprint density at radius 1 is 1.15 bits per heavy atom. The number of benzene rings is 1. The summed E-state index contributed by atoms with van der Waals surface area (Å²) in [5.74, 6) is 0.831. The van der Waals surface area contributed by atoms with E-state index in [1.165, 1.54) is 5.57 Å². The molecule has 4 rings (SSSR count). The van der Waals surface area contributed by atoms with E-state index in [1.54, 1.807) is 10.9 Å². The van der Waals surface area contributed by atoms with Gasteiger partial charge in [0.25, 0.3) is 0 Å². The van der Waals surface area contributed by atoms with E-state index in [9.17, 15) is 4.79 Å². The SMILES string of the molecule is CC1=C(c2ccco2)CN(C(=O)Nc2ccccc2-n2ccc(C)n2)CC1. The molecule has 1 N–H and O–H groups in total. The summed E-state index contributed by atoms with van der Waals surface area (Å²) >= 11 is 0. The largest absolute Gasteiger partial charge is 0.465 e. The zero-order valence-corrected chi connectivity index (χ0v) is 15.5. The Labute approximate surface area is 158 Å². The van der Waals surface area contributed by atoms with Crippen LogP contribution >= 0.6 is 0 Å². The van der Waals surface area contributed by atoms with Gasteiger partial charge in [-0.3, -0.25) is 0 Å². The van der Waals surface area contributed by atoms with E-state index in [0.29, 0.717) is 13.1 Å². The molecule has 0 fully saturated rings. The van der Waals surface area contributed by atoms with Gasteiger partial charge in [0.15, 0.2) is 0 Å². The third kappa shape index (κ3) is 3.51. The maximum absolute atomic E-state index is 12.9. The molecular weight excluding hydrogens is 340 g/mol. The Hall–Kier alpha value is -3.28. The van der Waals surface area contributed by atoms with Crippen LogP contribution in [0.4, 0.5) is 10.5 Å². The summed E-state index contributed by atoms with van der Waals surface area (Å²) in [6.45, 7) is 5.26. The molecule has 2 aromatic heterocycles. The van der Waals surface area contributed by atoms with E-state index in [2.05, 4.69) is 17.3 Å². The number of rotatable bonds is 3. The van der Waals surface area contributed by atoms with Crippen molar-refractivity contribution in [3.05, 3.63) is 72.0 Å². The second kappa shape index (κ2) is 7.15. The molecule has 2 amide bonds. The zero-order valence-electron chi connectivity index (χ0n) is 15.5. The third-order valence-corrected chi connectivity index (χ3v) is 4.84. The number of para-hydroxylation sites is 2. The lowest BCUT2D eigenvalue weighted by Crippen LogP contribution is -2.39. The summed E-state index contributed by atoms with van der Waals surface area (Å²) in [5.41, 5.74) is 4.85. The fraction of sp³-hybridized carbons (Fsp3) is 0.238. The predicted molar refractivity (Wildman–Crippen MR) is 105 cm³/mol. The molecule has 0 atom stereocenters. The molecule has 6 nitrogen and oxygen atoms in total. The van der Waals surface area contributed by atoms with Crippen molar-refractivity contribution >= 4 is 17.3 Å². The summed E-state index contributed by atoms with van der Waals surface area (Å²) < 4.78 is 7.32. The first-order valence-electron chi connectivity index (χ1n) is 9.02. The van der Waals surface area contributed by atoms with Crippen LogP contribution in [0.25, 0.3) is 11.3 Å². The van der Waals surface area contributed by atoms with Crippen LogP contribution in [0.5, 0.6) is 0 Å². The van der Waals surface area contributed by atoms with Gasteiger partial charge in [0.2, 0.25) is 0 Å². The Morgan fingerprint density at radius 3 is 2.74 bits per heavy atom.